The fourth-order valence-corrected chi connectivity index (χ4v) is 1.96. The Labute approximate surface area is 111 Å². The predicted molar refractivity (Wildman–Crippen MR) is 75.6 cm³/mol. The first-order valence-corrected chi connectivity index (χ1v) is 6.21. The third-order valence-corrected chi connectivity index (χ3v) is 2.99. The van der Waals surface area contributed by atoms with Gasteiger partial charge in [-0.25, -0.2) is 0 Å². The number of hydrogen-bond acceptors (Lipinski definition) is 2. The number of benzene rings is 1. The number of aromatic amines is 1. The molecule has 0 unspecified atom stereocenters. The van der Waals surface area contributed by atoms with Gasteiger partial charge in [-0.15, -0.1) is 0 Å². The van der Waals surface area contributed by atoms with Crippen LogP contribution in [0.5, 0.6) is 0 Å². The number of hydrogen-bond donors (Lipinski definition) is 2. The molecule has 0 fully saturated rings. The highest BCUT2D eigenvalue weighted by Crippen LogP contribution is 2.21. The molecule has 0 saturated heterocycles. The fraction of sp³-hybridized carbons (Fsp3) is 0.200. The summed E-state index contributed by atoms with van der Waals surface area (Å²) in [6.07, 6.45) is 0.836. The SMILES string of the molecule is CCc1cccc(C)c1NC(=O)c1cccc(=O)[nH]1. The molecular formula is C15H16N2O2. The van der Waals surface area contributed by atoms with Gasteiger partial charge in [-0.3, -0.25) is 9.59 Å². The number of H-pyrrole nitrogens is 1. The van der Waals surface area contributed by atoms with Crippen LogP contribution in [-0.4, -0.2) is 10.9 Å². The van der Waals surface area contributed by atoms with Crippen LogP contribution < -0.4 is 10.9 Å². The van der Waals surface area contributed by atoms with Crippen LogP contribution in [-0.2, 0) is 6.42 Å². The van der Waals surface area contributed by atoms with Crippen LogP contribution in [0.3, 0.4) is 0 Å². The molecule has 4 nitrogen and oxygen atoms in total. The van der Waals surface area contributed by atoms with Gasteiger partial charge in [0.1, 0.15) is 5.69 Å². The number of rotatable bonds is 3. The van der Waals surface area contributed by atoms with Crippen molar-refractivity contribution in [3.05, 3.63) is 63.6 Å². The Morgan fingerprint density at radius 2 is 1.95 bits per heavy atom. The molecule has 0 saturated carbocycles. The first-order chi connectivity index (χ1) is 9.11. The lowest BCUT2D eigenvalue weighted by Gasteiger charge is -2.12. The highest BCUT2D eigenvalue weighted by atomic mass is 16.2. The molecule has 0 aliphatic rings. The van der Waals surface area contributed by atoms with Crippen molar-refractivity contribution in [2.24, 2.45) is 0 Å². The van der Waals surface area contributed by atoms with Gasteiger partial charge >= 0.3 is 0 Å². The number of pyridine rings is 1. The monoisotopic (exact) mass is 256 g/mol. The zero-order chi connectivity index (χ0) is 13.8. The molecule has 19 heavy (non-hydrogen) atoms. The van der Waals surface area contributed by atoms with E-state index in [1.165, 1.54) is 6.07 Å². The molecule has 98 valence electrons. The normalized spacial score (nSPS) is 10.2. The lowest BCUT2D eigenvalue weighted by atomic mass is 10.1. The third-order valence-electron chi connectivity index (χ3n) is 2.99. The van der Waals surface area contributed by atoms with Crippen LogP contribution in [0.4, 0.5) is 5.69 Å². The third kappa shape index (κ3) is 2.91. The minimum atomic E-state index is -0.304. The van der Waals surface area contributed by atoms with Gasteiger partial charge in [0.15, 0.2) is 0 Å². The predicted octanol–water partition coefficient (Wildman–Crippen LogP) is 2.50. The summed E-state index contributed by atoms with van der Waals surface area (Å²) in [5.41, 5.74) is 2.88. The van der Waals surface area contributed by atoms with Crippen molar-refractivity contribution in [2.75, 3.05) is 5.32 Å². The number of aryl methyl sites for hydroxylation is 2. The molecule has 0 radical (unpaired) electrons. The molecule has 0 atom stereocenters. The Hall–Kier alpha value is -2.36. The zero-order valence-corrected chi connectivity index (χ0v) is 11.0. The summed E-state index contributed by atoms with van der Waals surface area (Å²) in [5, 5.41) is 2.86. The van der Waals surface area contributed by atoms with Crippen molar-refractivity contribution in [1.82, 2.24) is 4.98 Å². The molecular weight excluding hydrogens is 240 g/mol. The quantitative estimate of drug-likeness (QED) is 0.886. The second kappa shape index (κ2) is 5.52. The van der Waals surface area contributed by atoms with Crippen LogP contribution in [0.1, 0.15) is 28.5 Å². The van der Waals surface area contributed by atoms with Crippen molar-refractivity contribution in [3.8, 4) is 0 Å². The average molecular weight is 256 g/mol. The van der Waals surface area contributed by atoms with Crippen LogP contribution in [0, 0.1) is 6.92 Å². The van der Waals surface area contributed by atoms with E-state index in [-0.39, 0.29) is 17.2 Å². The average Bonchev–Trinajstić information content (AvgIpc) is 2.41. The maximum Gasteiger partial charge on any atom is 0.272 e. The summed E-state index contributed by atoms with van der Waals surface area (Å²) >= 11 is 0. The van der Waals surface area contributed by atoms with Crippen molar-refractivity contribution >= 4 is 11.6 Å². The van der Waals surface area contributed by atoms with Crippen LogP contribution in [0.25, 0.3) is 0 Å². The minimum Gasteiger partial charge on any atom is -0.320 e. The zero-order valence-electron chi connectivity index (χ0n) is 11.0. The molecule has 2 N–H and O–H groups in total. The van der Waals surface area contributed by atoms with Crippen LogP contribution in [0.15, 0.2) is 41.2 Å². The second-order valence-electron chi connectivity index (χ2n) is 4.35. The van der Waals surface area contributed by atoms with E-state index < -0.39 is 0 Å². The Kier molecular flexibility index (Phi) is 3.80. The smallest absolute Gasteiger partial charge is 0.272 e. The first kappa shape index (κ1) is 13.1. The maximum absolute atomic E-state index is 12.1. The Morgan fingerprint density at radius 3 is 2.63 bits per heavy atom. The highest BCUT2D eigenvalue weighted by Gasteiger charge is 2.10. The van der Waals surface area contributed by atoms with Gasteiger partial charge in [0, 0.05) is 11.8 Å². The summed E-state index contributed by atoms with van der Waals surface area (Å²) in [5.74, 6) is -0.304. The van der Waals surface area contributed by atoms with E-state index in [0.717, 1.165) is 23.2 Å². The van der Waals surface area contributed by atoms with Gasteiger partial charge in [-0.1, -0.05) is 31.2 Å². The van der Waals surface area contributed by atoms with E-state index in [1.54, 1.807) is 12.1 Å². The van der Waals surface area contributed by atoms with Crippen LogP contribution >= 0.6 is 0 Å². The molecule has 2 aromatic rings. The van der Waals surface area contributed by atoms with Crippen molar-refractivity contribution in [3.63, 3.8) is 0 Å². The van der Waals surface area contributed by atoms with Gasteiger partial charge in [0.25, 0.3) is 5.91 Å². The van der Waals surface area contributed by atoms with Gasteiger partial charge in [-0.05, 0) is 30.5 Å². The van der Waals surface area contributed by atoms with E-state index in [1.807, 2.05) is 32.0 Å². The Bertz CT molecular complexity index is 659. The summed E-state index contributed by atoms with van der Waals surface area (Å²) < 4.78 is 0. The maximum atomic E-state index is 12.1. The van der Waals surface area contributed by atoms with E-state index in [0.29, 0.717) is 0 Å². The molecule has 0 bridgehead atoms. The van der Waals surface area contributed by atoms with Gasteiger partial charge < -0.3 is 10.3 Å². The van der Waals surface area contributed by atoms with E-state index in [4.69, 9.17) is 0 Å². The van der Waals surface area contributed by atoms with Gasteiger partial charge in [0.05, 0.1) is 0 Å². The molecule has 0 aliphatic carbocycles. The lowest BCUT2D eigenvalue weighted by molar-refractivity contribution is 0.102. The number of carbonyl (C=O) groups is 1. The van der Waals surface area contributed by atoms with Crippen molar-refractivity contribution in [2.45, 2.75) is 20.3 Å². The van der Waals surface area contributed by atoms with Crippen molar-refractivity contribution in [1.29, 1.82) is 0 Å². The molecule has 2 rings (SSSR count). The van der Waals surface area contributed by atoms with E-state index in [9.17, 15) is 9.59 Å². The molecule has 1 aromatic heterocycles. The summed E-state index contributed by atoms with van der Waals surface area (Å²) in [4.78, 5) is 25.8. The number of nitrogens with one attached hydrogen (secondary N) is 2. The Balaban J connectivity index is 2.31. The lowest BCUT2D eigenvalue weighted by Crippen LogP contribution is -2.19. The molecule has 0 aliphatic heterocycles. The largest absolute Gasteiger partial charge is 0.320 e. The molecule has 4 heteroatoms. The fourth-order valence-electron chi connectivity index (χ4n) is 1.96. The summed E-state index contributed by atoms with van der Waals surface area (Å²) in [6, 6.07) is 10.4. The minimum absolute atomic E-state index is 0.262. The Morgan fingerprint density at radius 1 is 1.21 bits per heavy atom. The summed E-state index contributed by atoms with van der Waals surface area (Å²) in [7, 11) is 0. The van der Waals surface area contributed by atoms with E-state index >= 15 is 0 Å². The van der Waals surface area contributed by atoms with E-state index in [2.05, 4.69) is 10.3 Å². The highest BCUT2D eigenvalue weighted by molar-refractivity contribution is 6.03. The number of anilines is 1. The second-order valence-corrected chi connectivity index (χ2v) is 4.35. The number of para-hydroxylation sites is 1. The van der Waals surface area contributed by atoms with Crippen molar-refractivity contribution < 1.29 is 4.79 Å². The topological polar surface area (TPSA) is 62.0 Å². The first-order valence-electron chi connectivity index (χ1n) is 6.21. The van der Waals surface area contributed by atoms with Gasteiger partial charge in [-0.2, -0.15) is 0 Å². The molecule has 1 aromatic carbocycles. The number of carbonyl (C=O) groups excluding carboxylic acids is 1. The molecule has 0 spiro atoms. The van der Waals surface area contributed by atoms with Crippen LogP contribution in [0.2, 0.25) is 0 Å². The molecule has 1 amide bonds. The number of aromatic nitrogens is 1. The summed E-state index contributed by atoms with van der Waals surface area (Å²) in [6.45, 7) is 3.98. The molecule has 1 heterocycles. The number of amides is 1. The van der Waals surface area contributed by atoms with Gasteiger partial charge in [0.2, 0.25) is 5.56 Å². The standard InChI is InChI=1S/C15H16N2O2/c1-3-11-7-4-6-10(2)14(11)17-15(19)12-8-5-9-13(18)16-12/h4-9H,3H2,1-2H3,(H,16,18)(H,17,19).